The molecule has 2 rings (SSSR count). The molecular weight excluding hydrogens is 330 g/mol. The van der Waals surface area contributed by atoms with Crippen LogP contribution in [0.4, 0.5) is 5.69 Å². The summed E-state index contributed by atoms with van der Waals surface area (Å²) in [6, 6.07) is 7.35. The molecule has 1 amide bonds. The molecule has 1 aliphatic heterocycles. The molecule has 1 aliphatic rings. The number of amides is 1. The fourth-order valence-electron chi connectivity index (χ4n) is 2.93. The molecule has 144 valence electrons. The second kappa shape index (κ2) is 8.18. The molecule has 1 aromatic rings. The summed E-state index contributed by atoms with van der Waals surface area (Å²) in [6.07, 6.45) is 0.407. The number of nitrogens with zero attached hydrogens (tertiary/aromatic N) is 2. The maximum Gasteiger partial charge on any atom is 0.323 e. The van der Waals surface area contributed by atoms with Crippen molar-refractivity contribution in [3.8, 4) is 0 Å². The zero-order valence-corrected chi connectivity index (χ0v) is 16.5. The van der Waals surface area contributed by atoms with E-state index in [0.29, 0.717) is 25.6 Å². The number of carbonyl (C=O) groups is 2. The number of piperazine rings is 1. The van der Waals surface area contributed by atoms with Crippen molar-refractivity contribution in [1.29, 1.82) is 0 Å². The molecule has 1 fully saturated rings. The average Bonchev–Trinajstić information content (AvgIpc) is 2.54. The lowest BCUT2D eigenvalue weighted by atomic mass is 10.1. The lowest BCUT2D eigenvalue weighted by molar-refractivity contribution is -0.156. The number of hydrogen-bond acceptors (Lipinski definition) is 5. The van der Waals surface area contributed by atoms with Crippen LogP contribution in [0, 0.1) is 0 Å². The van der Waals surface area contributed by atoms with Gasteiger partial charge >= 0.3 is 5.97 Å². The van der Waals surface area contributed by atoms with E-state index in [0.717, 1.165) is 17.8 Å². The van der Waals surface area contributed by atoms with Crippen molar-refractivity contribution in [1.82, 2.24) is 4.90 Å². The Labute approximate surface area is 156 Å². The zero-order chi connectivity index (χ0) is 19.5. The highest BCUT2D eigenvalue weighted by Gasteiger charge is 2.26. The van der Waals surface area contributed by atoms with E-state index in [1.165, 1.54) is 0 Å². The third kappa shape index (κ3) is 5.54. The van der Waals surface area contributed by atoms with Crippen molar-refractivity contribution in [2.24, 2.45) is 5.73 Å². The molecule has 1 heterocycles. The summed E-state index contributed by atoms with van der Waals surface area (Å²) in [5.74, 6) is -0.287. The van der Waals surface area contributed by atoms with Crippen LogP contribution in [0.2, 0.25) is 0 Å². The number of carbonyl (C=O) groups excluding carboxylic acids is 2. The number of esters is 1. The van der Waals surface area contributed by atoms with E-state index in [4.69, 9.17) is 10.5 Å². The van der Waals surface area contributed by atoms with Crippen molar-refractivity contribution in [2.75, 3.05) is 24.5 Å². The highest BCUT2D eigenvalue weighted by atomic mass is 16.6. The summed E-state index contributed by atoms with van der Waals surface area (Å²) in [7, 11) is 0. The van der Waals surface area contributed by atoms with Crippen molar-refractivity contribution in [2.45, 2.75) is 58.7 Å². The van der Waals surface area contributed by atoms with Gasteiger partial charge in [0.05, 0.1) is 6.54 Å². The Morgan fingerprint density at radius 3 is 2.31 bits per heavy atom. The van der Waals surface area contributed by atoms with Crippen LogP contribution in [0.15, 0.2) is 24.3 Å². The van der Waals surface area contributed by atoms with E-state index in [1.54, 1.807) is 0 Å². The van der Waals surface area contributed by atoms with E-state index >= 15 is 0 Å². The third-order valence-electron chi connectivity index (χ3n) is 4.39. The third-order valence-corrected chi connectivity index (χ3v) is 4.39. The van der Waals surface area contributed by atoms with Crippen LogP contribution >= 0.6 is 0 Å². The van der Waals surface area contributed by atoms with Gasteiger partial charge in [-0.05, 0) is 58.7 Å². The van der Waals surface area contributed by atoms with E-state index in [1.807, 2.05) is 49.9 Å². The van der Waals surface area contributed by atoms with Crippen LogP contribution in [-0.4, -0.2) is 54.1 Å². The summed E-state index contributed by atoms with van der Waals surface area (Å²) in [4.78, 5) is 28.4. The topological polar surface area (TPSA) is 75.9 Å². The minimum atomic E-state index is -0.698. The van der Waals surface area contributed by atoms with Gasteiger partial charge in [-0.2, -0.15) is 0 Å². The fraction of sp³-hybridized carbons (Fsp3) is 0.600. The standard InChI is InChI=1S/C20H31N3O3/c1-14(2)22-10-11-23(18(24)13-22)16-8-6-15(7-9-16)12-17(21)19(25)26-20(3,4)5/h6-9,14,17H,10-13,21H2,1-5H3/t17-/m0/s1. The van der Waals surface area contributed by atoms with Crippen LogP contribution in [0.25, 0.3) is 0 Å². The smallest absolute Gasteiger partial charge is 0.323 e. The van der Waals surface area contributed by atoms with Gasteiger partial charge in [-0.3, -0.25) is 14.5 Å². The van der Waals surface area contributed by atoms with Gasteiger partial charge < -0.3 is 15.4 Å². The molecule has 0 saturated carbocycles. The number of hydrogen-bond donors (Lipinski definition) is 1. The maximum absolute atomic E-state index is 12.4. The predicted molar refractivity (Wildman–Crippen MR) is 103 cm³/mol. The first kappa shape index (κ1) is 20.4. The molecule has 6 nitrogen and oxygen atoms in total. The molecule has 0 radical (unpaired) electrons. The lowest BCUT2D eigenvalue weighted by Gasteiger charge is -2.36. The number of anilines is 1. The fourth-order valence-corrected chi connectivity index (χ4v) is 2.93. The summed E-state index contributed by atoms with van der Waals surface area (Å²) < 4.78 is 5.31. The molecule has 0 unspecified atom stereocenters. The molecule has 0 bridgehead atoms. The number of nitrogens with two attached hydrogens (primary N) is 1. The zero-order valence-electron chi connectivity index (χ0n) is 16.5. The van der Waals surface area contributed by atoms with Gasteiger partial charge in [0.25, 0.3) is 0 Å². The second-order valence-electron chi connectivity index (χ2n) is 8.12. The van der Waals surface area contributed by atoms with E-state index in [-0.39, 0.29) is 5.91 Å². The number of rotatable bonds is 5. The molecule has 0 aliphatic carbocycles. The SMILES string of the molecule is CC(C)N1CCN(c2ccc(C[C@H](N)C(=O)OC(C)(C)C)cc2)C(=O)C1. The molecule has 6 heteroatoms. The summed E-state index contributed by atoms with van der Waals surface area (Å²) >= 11 is 0. The molecule has 1 aromatic carbocycles. The van der Waals surface area contributed by atoms with E-state index in [2.05, 4.69) is 18.7 Å². The van der Waals surface area contributed by atoms with E-state index in [9.17, 15) is 9.59 Å². The van der Waals surface area contributed by atoms with Crippen LogP contribution < -0.4 is 10.6 Å². The molecule has 1 saturated heterocycles. The molecule has 2 N–H and O–H groups in total. The minimum Gasteiger partial charge on any atom is -0.459 e. The summed E-state index contributed by atoms with van der Waals surface area (Å²) in [5.41, 5.74) is 7.24. The second-order valence-corrected chi connectivity index (χ2v) is 8.12. The predicted octanol–water partition coefficient (Wildman–Crippen LogP) is 1.96. The molecule has 1 atom stereocenters. The molecule has 26 heavy (non-hydrogen) atoms. The molecular formula is C20H31N3O3. The quantitative estimate of drug-likeness (QED) is 0.812. The van der Waals surface area contributed by atoms with Gasteiger partial charge in [0.2, 0.25) is 5.91 Å². The van der Waals surface area contributed by atoms with Crippen LogP contribution in [0.1, 0.15) is 40.2 Å². The first-order valence-corrected chi connectivity index (χ1v) is 9.18. The maximum atomic E-state index is 12.4. The van der Waals surface area contributed by atoms with Crippen LogP contribution in [0.5, 0.6) is 0 Å². The highest BCUT2D eigenvalue weighted by Crippen LogP contribution is 2.20. The Morgan fingerprint density at radius 2 is 1.81 bits per heavy atom. The normalized spacial score (nSPS) is 17.5. The van der Waals surface area contributed by atoms with Gasteiger partial charge in [0.15, 0.2) is 0 Å². The van der Waals surface area contributed by atoms with Crippen molar-refractivity contribution < 1.29 is 14.3 Å². The largest absolute Gasteiger partial charge is 0.459 e. The van der Waals surface area contributed by atoms with Crippen molar-refractivity contribution in [3.05, 3.63) is 29.8 Å². The van der Waals surface area contributed by atoms with E-state index < -0.39 is 17.6 Å². The first-order valence-electron chi connectivity index (χ1n) is 9.18. The Kier molecular flexibility index (Phi) is 6.42. The highest BCUT2D eigenvalue weighted by molar-refractivity contribution is 5.95. The van der Waals surface area contributed by atoms with Gasteiger partial charge in [-0.1, -0.05) is 12.1 Å². The lowest BCUT2D eigenvalue weighted by Crippen LogP contribution is -2.52. The minimum absolute atomic E-state index is 0.114. The number of ether oxygens (including phenoxy) is 1. The van der Waals surface area contributed by atoms with Crippen LogP contribution in [0.3, 0.4) is 0 Å². The van der Waals surface area contributed by atoms with Gasteiger partial charge in [0.1, 0.15) is 11.6 Å². The van der Waals surface area contributed by atoms with Crippen LogP contribution in [-0.2, 0) is 20.7 Å². The van der Waals surface area contributed by atoms with Gasteiger partial charge in [-0.25, -0.2) is 0 Å². The molecule has 0 aromatic heterocycles. The Hall–Kier alpha value is -1.92. The Balaban J connectivity index is 1.96. The Morgan fingerprint density at radius 1 is 1.19 bits per heavy atom. The van der Waals surface area contributed by atoms with Gasteiger partial charge in [-0.15, -0.1) is 0 Å². The summed E-state index contributed by atoms with van der Waals surface area (Å²) in [5, 5.41) is 0. The monoisotopic (exact) mass is 361 g/mol. The van der Waals surface area contributed by atoms with Crippen molar-refractivity contribution >= 4 is 17.6 Å². The summed E-state index contributed by atoms with van der Waals surface area (Å²) in [6.45, 7) is 11.7. The molecule has 0 spiro atoms. The van der Waals surface area contributed by atoms with Crippen molar-refractivity contribution in [3.63, 3.8) is 0 Å². The first-order chi connectivity index (χ1) is 12.1. The average molecular weight is 361 g/mol. The van der Waals surface area contributed by atoms with Gasteiger partial charge in [0, 0.05) is 24.8 Å². The Bertz CT molecular complexity index is 635. The number of benzene rings is 1.